The highest BCUT2D eigenvalue weighted by Gasteiger charge is 2.47. The molecule has 31 heavy (non-hydrogen) atoms. The molecule has 0 saturated carbocycles. The lowest BCUT2D eigenvalue weighted by atomic mass is 9.99. The van der Waals surface area contributed by atoms with Crippen molar-refractivity contribution < 1.29 is 19.4 Å². The van der Waals surface area contributed by atoms with Gasteiger partial charge in [-0.2, -0.15) is 0 Å². The summed E-state index contributed by atoms with van der Waals surface area (Å²) in [6.45, 7) is 1.85. The molecule has 0 radical (unpaired) electrons. The van der Waals surface area contributed by atoms with E-state index >= 15 is 0 Å². The fraction of sp³-hybridized carbons (Fsp3) is 0.130. The number of halogens is 2. The highest BCUT2D eigenvalue weighted by molar-refractivity contribution is 7.10. The third-order valence-corrected chi connectivity index (χ3v) is 6.74. The Balaban J connectivity index is 1.91. The third-order valence-electron chi connectivity index (χ3n) is 5.12. The SMILES string of the molecule is COc1ccc(/C(O)=C2/C(=O)C(=O)N(c3ccc(C)c(Cl)c3)C2c2cccs2)cc1Cl. The monoisotopic (exact) mass is 473 g/mol. The summed E-state index contributed by atoms with van der Waals surface area (Å²) in [7, 11) is 1.48. The van der Waals surface area contributed by atoms with Gasteiger partial charge in [-0.25, -0.2) is 0 Å². The number of carbonyl (C=O) groups excluding carboxylic acids is 2. The Bertz CT molecular complexity index is 1220. The van der Waals surface area contributed by atoms with Crippen LogP contribution in [0.3, 0.4) is 0 Å². The Morgan fingerprint density at radius 2 is 1.87 bits per heavy atom. The van der Waals surface area contributed by atoms with Crippen LogP contribution in [0.2, 0.25) is 10.0 Å². The van der Waals surface area contributed by atoms with Crippen LogP contribution in [0.1, 0.15) is 22.0 Å². The summed E-state index contributed by atoms with van der Waals surface area (Å²) in [5, 5.41) is 13.7. The lowest BCUT2D eigenvalue weighted by Gasteiger charge is -2.24. The van der Waals surface area contributed by atoms with Crippen molar-refractivity contribution in [2.24, 2.45) is 0 Å². The molecule has 0 spiro atoms. The molecule has 1 N–H and O–H groups in total. The molecular formula is C23H17Cl2NO4S. The van der Waals surface area contributed by atoms with Crippen LogP contribution in [-0.2, 0) is 9.59 Å². The quantitative estimate of drug-likeness (QED) is 0.286. The van der Waals surface area contributed by atoms with Gasteiger partial charge >= 0.3 is 0 Å². The first kappa shape index (κ1) is 21.4. The zero-order valence-corrected chi connectivity index (χ0v) is 18.9. The maximum atomic E-state index is 13.1. The summed E-state index contributed by atoms with van der Waals surface area (Å²) < 4.78 is 5.15. The van der Waals surface area contributed by atoms with Crippen LogP contribution in [0.4, 0.5) is 5.69 Å². The number of Topliss-reactive ketones (excluding diaryl/α,β-unsaturated/α-hetero) is 1. The minimum atomic E-state index is -0.792. The first-order chi connectivity index (χ1) is 14.8. The fourth-order valence-electron chi connectivity index (χ4n) is 3.52. The first-order valence-electron chi connectivity index (χ1n) is 9.28. The number of hydrogen-bond donors (Lipinski definition) is 1. The summed E-state index contributed by atoms with van der Waals surface area (Å²) in [4.78, 5) is 28.2. The van der Waals surface area contributed by atoms with Crippen molar-refractivity contribution in [3.05, 3.63) is 85.5 Å². The van der Waals surface area contributed by atoms with Gasteiger partial charge in [-0.05, 0) is 54.3 Å². The lowest BCUT2D eigenvalue weighted by Crippen LogP contribution is -2.29. The van der Waals surface area contributed by atoms with Crippen molar-refractivity contribution in [2.45, 2.75) is 13.0 Å². The van der Waals surface area contributed by atoms with E-state index in [0.717, 1.165) is 10.4 Å². The van der Waals surface area contributed by atoms with Gasteiger partial charge in [-0.15, -0.1) is 11.3 Å². The van der Waals surface area contributed by atoms with E-state index in [1.54, 1.807) is 30.3 Å². The molecule has 1 fully saturated rings. The van der Waals surface area contributed by atoms with E-state index in [1.165, 1.54) is 29.4 Å². The van der Waals surface area contributed by atoms with E-state index in [0.29, 0.717) is 22.0 Å². The zero-order chi connectivity index (χ0) is 22.3. The molecule has 8 heteroatoms. The van der Waals surface area contributed by atoms with Crippen LogP contribution in [-0.4, -0.2) is 23.9 Å². The Kier molecular flexibility index (Phi) is 5.79. The van der Waals surface area contributed by atoms with Crippen LogP contribution in [0.5, 0.6) is 5.75 Å². The molecule has 1 aromatic heterocycles. The van der Waals surface area contributed by atoms with Crippen molar-refractivity contribution in [2.75, 3.05) is 12.0 Å². The van der Waals surface area contributed by atoms with Gasteiger partial charge in [0.25, 0.3) is 11.7 Å². The van der Waals surface area contributed by atoms with Crippen LogP contribution < -0.4 is 9.64 Å². The second-order valence-electron chi connectivity index (χ2n) is 6.97. The predicted molar refractivity (Wildman–Crippen MR) is 123 cm³/mol. The number of hydrogen-bond acceptors (Lipinski definition) is 5. The molecule has 0 bridgehead atoms. The standard InChI is InChI=1S/C23H17Cl2NO4S/c1-12-5-7-14(11-15(12)24)26-20(18-4-3-9-31-18)19(22(28)23(26)29)21(27)13-6-8-17(30-2)16(25)10-13/h3-11,20,27H,1-2H3/b21-19-. The number of aliphatic hydroxyl groups is 1. The number of amides is 1. The highest BCUT2D eigenvalue weighted by atomic mass is 35.5. The van der Waals surface area contributed by atoms with Gasteiger partial charge in [0.15, 0.2) is 0 Å². The molecule has 2 aromatic carbocycles. The number of rotatable bonds is 4. The maximum absolute atomic E-state index is 13.1. The van der Waals surface area contributed by atoms with Gasteiger partial charge in [-0.1, -0.05) is 35.3 Å². The largest absolute Gasteiger partial charge is 0.507 e. The number of carbonyl (C=O) groups is 2. The Labute approximate surface area is 193 Å². The molecule has 1 unspecified atom stereocenters. The number of ketones is 1. The van der Waals surface area contributed by atoms with Crippen molar-refractivity contribution in [3.8, 4) is 5.75 Å². The fourth-order valence-corrected chi connectivity index (χ4v) is 4.77. The number of methoxy groups -OCH3 is 1. The molecule has 1 aliphatic rings. The number of aliphatic hydroxyl groups excluding tert-OH is 1. The molecule has 1 amide bonds. The highest BCUT2D eigenvalue weighted by Crippen LogP contribution is 2.44. The predicted octanol–water partition coefficient (Wildman–Crippen LogP) is 6.00. The number of benzene rings is 2. The molecule has 5 nitrogen and oxygen atoms in total. The molecule has 158 valence electrons. The minimum Gasteiger partial charge on any atom is -0.507 e. The van der Waals surface area contributed by atoms with Gasteiger partial charge in [0.1, 0.15) is 17.6 Å². The Morgan fingerprint density at radius 3 is 2.48 bits per heavy atom. The molecule has 2 heterocycles. The number of ether oxygens (including phenoxy) is 1. The summed E-state index contributed by atoms with van der Waals surface area (Å²) in [6, 6.07) is 12.7. The van der Waals surface area contributed by atoms with E-state index in [-0.39, 0.29) is 16.4 Å². The topological polar surface area (TPSA) is 66.8 Å². The van der Waals surface area contributed by atoms with Crippen LogP contribution in [0.15, 0.2) is 59.5 Å². The minimum absolute atomic E-state index is 0.00891. The summed E-state index contributed by atoms with van der Waals surface area (Å²) in [5.74, 6) is -1.39. The van der Waals surface area contributed by atoms with E-state index in [9.17, 15) is 14.7 Å². The molecule has 4 rings (SSSR count). The smallest absolute Gasteiger partial charge is 0.300 e. The number of aryl methyl sites for hydroxylation is 1. The molecule has 3 aromatic rings. The van der Waals surface area contributed by atoms with Gasteiger partial charge in [0.2, 0.25) is 0 Å². The molecular weight excluding hydrogens is 457 g/mol. The average Bonchev–Trinajstić information content (AvgIpc) is 3.37. The number of nitrogens with zero attached hydrogens (tertiary/aromatic N) is 1. The Hall–Kier alpha value is -2.80. The average molecular weight is 474 g/mol. The van der Waals surface area contributed by atoms with Crippen molar-refractivity contribution in [3.63, 3.8) is 0 Å². The van der Waals surface area contributed by atoms with E-state index in [4.69, 9.17) is 27.9 Å². The van der Waals surface area contributed by atoms with E-state index in [1.807, 2.05) is 24.4 Å². The molecule has 1 atom stereocenters. The Morgan fingerprint density at radius 1 is 1.10 bits per heavy atom. The summed E-state index contributed by atoms with van der Waals surface area (Å²) in [5.41, 5.74) is 1.63. The van der Waals surface area contributed by atoms with Gasteiger partial charge in [0, 0.05) is 21.2 Å². The van der Waals surface area contributed by atoms with Gasteiger partial charge < -0.3 is 9.84 Å². The number of anilines is 1. The molecule has 0 aliphatic carbocycles. The lowest BCUT2D eigenvalue weighted by molar-refractivity contribution is -0.132. The van der Waals surface area contributed by atoms with Gasteiger partial charge in [0.05, 0.1) is 17.7 Å². The summed E-state index contributed by atoms with van der Waals surface area (Å²) >= 11 is 13.9. The van der Waals surface area contributed by atoms with Crippen LogP contribution >= 0.6 is 34.5 Å². The van der Waals surface area contributed by atoms with Crippen molar-refractivity contribution >= 4 is 57.7 Å². The maximum Gasteiger partial charge on any atom is 0.300 e. The first-order valence-corrected chi connectivity index (χ1v) is 10.9. The second-order valence-corrected chi connectivity index (χ2v) is 8.76. The van der Waals surface area contributed by atoms with Crippen LogP contribution in [0.25, 0.3) is 5.76 Å². The molecule has 1 saturated heterocycles. The van der Waals surface area contributed by atoms with E-state index in [2.05, 4.69) is 0 Å². The van der Waals surface area contributed by atoms with E-state index < -0.39 is 17.7 Å². The number of thiophene rings is 1. The third kappa shape index (κ3) is 3.71. The van der Waals surface area contributed by atoms with Crippen molar-refractivity contribution in [1.29, 1.82) is 0 Å². The van der Waals surface area contributed by atoms with Gasteiger partial charge in [-0.3, -0.25) is 14.5 Å². The van der Waals surface area contributed by atoms with Crippen LogP contribution in [0, 0.1) is 6.92 Å². The molecule has 1 aliphatic heterocycles. The normalized spacial score (nSPS) is 17.9. The second kappa shape index (κ2) is 8.38. The van der Waals surface area contributed by atoms with Crippen molar-refractivity contribution in [1.82, 2.24) is 0 Å². The summed E-state index contributed by atoms with van der Waals surface area (Å²) in [6.07, 6.45) is 0. The zero-order valence-electron chi connectivity index (χ0n) is 16.6.